The van der Waals surface area contributed by atoms with Gasteiger partial charge in [0.05, 0.1) is 20.1 Å². The number of rotatable bonds is 2. The number of benzene rings is 1. The first-order chi connectivity index (χ1) is 9.21. The van der Waals surface area contributed by atoms with Crippen molar-refractivity contribution in [2.24, 2.45) is 5.92 Å². The Balaban J connectivity index is 2.06. The van der Waals surface area contributed by atoms with Gasteiger partial charge in [-0.3, -0.25) is 4.79 Å². The van der Waals surface area contributed by atoms with E-state index in [0.717, 1.165) is 25.1 Å². The smallest absolute Gasteiger partial charge is 0.310 e. The fraction of sp³-hybridized carbons (Fsp3) is 0.533. The van der Waals surface area contributed by atoms with E-state index >= 15 is 0 Å². The van der Waals surface area contributed by atoms with Crippen molar-refractivity contribution in [2.75, 3.05) is 27.3 Å². The minimum Gasteiger partial charge on any atom is -0.497 e. The molecule has 2 atom stereocenters. The molecule has 4 nitrogen and oxygen atoms in total. The Morgan fingerprint density at radius 3 is 3.00 bits per heavy atom. The van der Waals surface area contributed by atoms with Gasteiger partial charge in [-0.15, -0.1) is 0 Å². The summed E-state index contributed by atoms with van der Waals surface area (Å²) in [4.78, 5) is 12.0. The Bertz CT molecular complexity index is 514. The van der Waals surface area contributed by atoms with E-state index in [0.29, 0.717) is 6.54 Å². The molecule has 0 amide bonds. The van der Waals surface area contributed by atoms with E-state index in [1.165, 1.54) is 18.2 Å². The molecule has 1 heterocycles. The van der Waals surface area contributed by atoms with Gasteiger partial charge < -0.3 is 14.8 Å². The number of esters is 1. The van der Waals surface area contributed by atoms with Gasteiger partial charge in [0.25, 0.3) is 0 Å². The van der Waals surface area contributed by atoms with Gasteiger partial charge in [-0.25, -0.2) is 0 Å². The Labute approximate surface area is 113 Å². The van der Waals surface area contributed by atoms with E-state index in [2.05, 4.69) is 17.4 Å². The number of hydrogen-bond acceptors (Lipinski definition) is 4. The molecule has 1 spiro atoms. The van der Waals surface area contributed by atoms with Crippen molar-refractivity contribution >= 4 is 5.97 Å². The normalized spacial score (nSPS) is 28.4. The lowest BCUT2D eigenvalue weighted by Crippen LogP contribution is -2.37. The van der Waals surface area contributed by atoms with Crippen LogP contribution in [0.4, 0.5) is 0 Å². The van der Waals surface area contributed by atoms with Crippen LogP contribution in [0.15, 0.2) is 18.2 Å². The minimum atomic E-state index is -0.114. The van der Waals surface area contributed by atoms with Gasteiger partial charge in [0.1, 0.15) is 5.75 Å². The zero-order valence-corrected chi connectivity index (χ0v) is 11.4. The van der Waals surface area contributed by atoms with Crippen LogP contribution in [0.5, 0.6) is 5.75 Å². The lowest BCUT2D eigenvalue weighted by Gasteiger charge is -2.29. The molecule has 3 rings (SSSR count). The van der Waals surface area contributed by atoms with Gasteiger partial charge in [0, 0.05) is 18.5 Å². The molecule has 1 saturated heterocycles. The van der Waals surface area contributed by atoms with E-state index in [9.17, 15) is 4.79 Å². The van der Waals surface area contributed by atoms with E-state index < -0.39 is 0 Å². The quantitative estimate of drug-likeness (QED) is 0.815. The molecule has 19 heavy (non-hydrogen) atoms. The summed E-state index contributed by atoms with van der Waals surface area (Å²) < 4.78 is 10.3. The second-order valence-electron chi connectivity index (χ2n) is 5.39. The van der Waals surface area contributed by atoms with Crippen LogP contribution in [0.2, 0.25) is 0 Å². The molecule has 1 aromatic rings. The molecule has 2 aliphatic rings. The van der Waals surface area contributed by atoms with Crippen molar-refractivity contribution < 1.29 is 14.3 Å². The maximum Gasteiger partial charge on any atom is 0.310 e. The average Bonchev–Trinajstić information content (AvgIpc) is 3.04. The topological polar surface area (TPSA) is 47.6 Å². The van der Waals surface area contributed by atoms with Crippen molar-refractivity contribution in [1.82, 2.24) is 5.32 Å². The predicted octanol–water partition coefficient (Wildman–Crippen LogP) is 1.27. The van der Waals surface area contributed by atoms with Gasteiger partial charge in [-0.05, 0) is 36.1 Å². The first-order valence-electron chi connectivity index (χ1n) is 6.67. The predicted molar refractivity (Wildman–Crippen MR) is 71.4 cm³/mol. The van der Waals surface area contributed by atoms with Crippen molar-refractivity contribution in [3.63, 3.8) is 0 Å². The number of methoxy groups -OCH3 is 2. The van der Waals surface area contributed by atoms with E-state index in [-0.39, 0.29) is 17.3 Å². The first kappa shape index (κ1) is 12.5. The van der Waals surface area contributed by atoms with E-state index in [4.69, 9.17) is 9.47 Å². The molecule has 102 valence electrons. The summed E-state index contributed by atoms with van der Waals surface area (Å²) in [7, 11) is 3.14. The summed E-state index contributed by atoms with van der Waals surface area (Å²) in [5.74, 6) is 0.655. The molecule has 1 aliphatic heterocycles. The van der Waals surface area contributed by atoms with Gasteiger partial charge in [-0.1, -0.05) is 6.07 Å². The SMILES string of the molecule is COC(=O)C1CNCC12CCc1ccc(OC)cc12. The molecule has 1 N–H and O–H groups in total. The first-order valence-corrected chi connectivity index (χ1v) is 6.67. The number of ether oxygens (including phenoxy) is 2. The van der Waals surface area contributed by atoms with Crippen molar-refractivity contribution in [2.45, 2.75) is 18.3 Å². The molecule has 1 aliphatic carbocycles. The number of fused-ring (bicyclic) bond motifs is 2. The summed E-state index contributed by atoms with van der Waals surface area (Å²) in [5.41, 5.74) is 2.47. The highest BCUT2D eigenvalue weighted by molar-refractivity contribution is 5.76. The van der Waals surface area contributed by atoms with Crippen molar-refractivity contribution in [3.8, 4) is 5.75 Å². The fourth-order valence-corrected chi connectivity index (χ4v) is 3.61. The number of nitrogens with one attached hydrogen (secondary N) is 1. The third-order valence-corrected chi connectivity index (χ3v) is 4.64. The van der Waals surface area contributed by atoms with Crippen LogP contribution in [0.3, 0.4) is 0 Å². The number of hydrogen-bond donors (Lipinski definition) is 1. The van der Waals surface area contributed by atoms with Gasteiger partial charge in [0.15, 0.2) is 0 Å². The standard InChI is InChI=1S/C15H19NO3/c1-18-11-4-3-10-5-6-15(12(10)7-11)9-16-8-13(15)14(17)19-2/h3-4,7,13,16H,5-6,8-9H2,1-2H3. The number of carbonyl (C=O) groups is 1. The van der Waals surface area contributed by atoms with Crippen molar-refractivity contribution in [3.05, 3.63) is 29.3 Å². The monoisotopic (exact) mass is 261 g/mol. The third kappa shape index (κ3) is 1.74. The fourth-order valence-electron chi connectivity index (χ4n) is 3.61. The molecule has 0 radical (unpaired) electrons. The van der Waals surface area contributed by atoms with Crippen LogP contribution in [0, 0.1) is 5.92 Å². The zero-order chi connectivity index (χ0) is 13.5. The highest BCUT2D eigenvalue weighted by Gasteiger charge is 2.51. The minimum absolute atomic E-state index is 0.0918. The summed E-state index contributed by atoms with van der Waals surface area (Å²) in [6, 6.07) is 6.20. The molecule has 1 aromatic carbocycles. The molecular weight excluding hydrogens is 242 g/mol. The lowest BCUT2D eigenvalue weighted by molar-refractivity contribution is -0.146. The largest absolute Gasteiger partial charge is 0.497 e. The van der Waals surface area contributed by atoms with Gasteiger partial charge in [-0.2, -0.15) is 0 Å². The van der Waals surface area contributed by atoms with Gasteiger partial charge >= 0.3 is 5.97 Å². The van der Waals surface area contributed by atoms with Crippen LogP contribution >= 0.6 is 0 Å². The Morgan fingerprint density at radius 2 is 2.26 bits per heavy atom. The Kier molecular flexibility index (Phi) is 2.97. The second-order valence-corrected chi connectivity index (χ2v) is 5.39. The highest BCUT2D eigenvalue weighted by Crippen LogP contribution is 2.47. The molecular formula is C15H19NO3. The zero-order valence-electron chi connectivity index (χ0n) is 11.4. The van der Waals surface area contributed by atoms with Crippen LogP contribution in [0.1, 0.15) is 17.5 Å². The van der Waals surface area contributed by atoms with Crippen LogP contribution in [-0.4, -0.2) is 33.3 Å². The van der Waals surface area contributed by atoms with Gasteiger partial charge in [0.2, 0.25) is 0 Å². The molecule has 0 aromatic heterocycles. The summed E-state index contributed by atoms with van der Waals surface area (Å²) in [6.45, 7) is 1.54. The average molecular weight is 261 g/mol. The maximum absolute atomic E-state index is 12.0. The van der Waals surface area contributed by atoms with Crippen LogP contribution < -0.4 is 10.1 Å². The molecule has 1 fully saturated rings. The summed E-state index contributed by atoms with van der Waals surface area (Å²) in [5, 5.41) is 3.36. The summed E-state index contributed by atoms with van der Waals surface area (Å²) >= 11 is 0. The molecule has 0 bridgehead atoms. The molecule has 4 heteroatoms. The molecule has 0 saturated carbocycles. The Hall–Kier alpha value is -1.55. The third-order valence-electron chi connectivity index (χ3n) is 4.64. The van der Waals surface area contributed by atoms with Crippen LogP contribution in [0.25, 0.3) is 0 Å². The lowest BCUT2D eigenvalue weighted by atomic mass is 9.73. The van der Waals surface area contributed by atoms with E-state index in [1.54, 1.807) is 7.11 Å². The van der Waals surface area contributed by atoms with Crippen molar-refractivity contribution in [1.29, 1.82) is 0 Å². The maximum atomic E-state index is 12.0. The highest BCUT2D eigenvalue weighted by atomic mass is 16.5. The van der Waals surface area contributed by atoms with E-state index in [1.807, 2.05) is 6.07 Å². The van der Waals surface area contributed by atoms with Crippen LogP contribution in [-0.2, 0) is 21.4 Å². The number of carbonyl (C=O) groups excluding carboxylic acids is 1. The molecule has 2 unspecified atom stereocenters. The second kappa shape index (κ2) is 4.53. The number of aryl methyl sites for hydroxylation is 1. The Morgan fingerprint density at radius 1 is 1.42 bits per heavy atom. The summed E-state index contributed by atoms with van der Waals surface area (Å²) in [6.07, 6.45) is 2.02.